The van der Waals surface area contributed by atoms with Gasteiger partial charge in [-0.15, -0.1) is 0 Å². The van der Waals surface area contributed by atoms with Crippen LogP contribution in [0.4, 0.5) is 0 Å². The molecule has 0 saturated carbocycles. The molecule has 0 aromatic carbocycles. The van der Waals surface area contributed by atoms with Crippen LogP contribution in [0.3, 0.4) is 0 Å². The second kappa shape index (κ2) is 5.24. The minimum Gasteiger partial charge on any atom is -0.258 e. The highest BCUT2D eigenvalue weighted by atomic mass is 14.8. The largest absolute Gasteiger partial charge is 0.258 e. The summed E-state index contributed by atoms with van der Waals surface area (Å²) in [6.45, 7) is 8.54. The monoisotopic (exact) mass is 206 g/mol. The number of aromatic nitrogens is 2. The van der Waals surface area contributed by atoms with Gasteiger partial charge in [-0.25, -0.2) is 0 Å². The fourth-order valence-corrected chi connectivity index (χ4v) is 2.09. The van der Waals surface area contributed by atoms with Gasteiger partial charge < -0.3 is 0 Å². The van der Waals surface area contributed by atoms with Gasteiger partial charge in [-0.2, -0.15) is 0 Å². The molecule has 2 heteroatoms. The van der Waals surface area contributed by atoms with Gasteiger partial charge in [-0.1, -0.05) is 34.1 Å². The summed E-state index contributed by atoms with van der Waals surface area (Å²) in [6.07, 6.45) is 8.51. The summed E-state index contributed by atoms with van der Waals surface area (Å²) in [7, 11) is 0. The maximum absolute atomic E-state index is 4.47. The zero-order valence-electron chi connectivity index (χ0n) is 10.4. The molecule has 1 aromatic rings. The first kappa shape index (κ1) is 12.2. The van der Waals surface area contributed by atoms with E-state index in [1.165, 1.54) is 30.7 Å². The molecule has 84 valence electrons. The van der Waals surface area contributed by atoms with E-state index in [4.69, 9.17) is 0 Å². The molecule has 0 bridgehead atoms. The Bertz CT molecular complexity index is 305. The van der Waals surface area contributed by atoms with Crippen LogP contribution in [0.2, 0.25) is 0 Å². The third-order valence-electron chi connectivity index (χ3n) is 2.88. The highest BCUT2D eigenvalue weighted by molar-refractivity contribution is 5.21. The van der Waals surface area contributed by atoms with Gasteiger partial charge in [0.25, 0.3) is 0 Å². The minimum atomic E-state index is 0.222. The Morgan fingerprint density at radius 3 is 2.47 bits per heavy atom. The molecule has 0 radical (unpaired) electrons. The van der Waals surface area contributed by atoms with Gasteiger partial charge in [-0.05, 0) is 19.3 Å². The first-order chi connectivity index (χ1) is 7.20. The Hall–Kier alpha value is -0.920. The summed E-state index contributed by atoms with van der Waals surface area (Å²) < 4.78 is 0. The number of nitrogens with zero attached hydrogens (tertiary/aromatic N) is 2. The predicted octanol–water partition coefficient (Wildman–Crippen LogP) is 3.51. The third-order valence-corrected chi connectivity index (χ3v) is 2.88. The summed E-state index contributed by atoms with van der Waals surface area (Å²) in [5, 5.41) is 0. The van der Waals surface area contributed by atoms with Crippen LogP contribution in [0.15, 0.2) is 12.4 Å². The smallest absolute Gasteiger partial charge is 0.0674 e. The molecule has 1 heterocycles. The lowest BCUT2D eigenvalue weighted by atomic mass is 9.85. The van der Waals surface area contributed by atoms with Gasteiger partial charge in [0.05, 0.1) is 11.4 Å². The number of hydrogen-bond acceptors (Lipinski definition) is 2. The van der Waals surface area contributed by atoms with Crippen molar-refractivity contribution >= 4 is 0 Å². The van der Waals surface area contributed by atoms with Gasteiger partial charge in [0, 0.05) is 17.8 Å². The molecule has 2 nitrogen and oxygen atoms in total. The molecule has 0 saturated heterocycles. The lowest BCUT2D eigenvalue weighted by Crippen LogP contribution is -2.19. The topological polar surface area (TPSA) is 25.8 Å². The molecule has 1 aliphatic carbocycles. The van der Waals surface area contributed by atoms with Crippen molar-refractivity contribution < 1.29 is 0 Å². The lowest BCUT2D eigenvalue weighted by Gasteiger charge is -2.22. The number of aryl methyl sites for hydroxylation is 1. The van der Waals surface area contributed by atoms with Crippen molar-refractivity contribution in [1.29, 1.82) is 0 Å². The zero-order chi connectivity index (χ0) is 11.3. The van der Waals surface area contributed by atoms with Crippen LogP contribution in [0.1, 0.15) is 58.3 Å². The molecule has 0 N–H and O–H groups in total. The molecule has 0 fully saturated rings. The van der Waals surface area contributed by atoms with E-state index in [-0.39, 0.29) is 5.41 Å². The van der Waals surface area contributed by atoms with Crippen LogP contribution < -0.4 is 0 Å². The van der Waals surface area contributed by atoms with Crippen LogP contribution in [-0.2, 0) is 11.8 Å². The van der Waals surface area contributed by atoms with E-state index >= 15 is 0 Å². The Balaban J connectivity index is 0.000000531. The van der Waals surface area contributed by atoms with E-state index in [0.717, 1.165) is 6.42 Å². The first-order valence-electron chi connectivity index (χ1n) is 6.00. The predicted molar refractivity (Wildman–Crippen MR) is 64.0 cm³/mol. The second-order valence-corrected chi connectivity index (χ2v) is 4.44. The maximum Gasteiger partial charge on any atom is 0.0674 e. The van der Waals surface area contributed by atoms with E-state index in [0.29, 0.717) is 0 Å². The SMILES string of the molecule is CC.CC1(C)CCCCc2nccnc21. The Kier molecular flexibility index (Phi) is 4.25. The van der Waals surface area contributed by atoms with Gasteiger partial charge >= 0.3 is 0 Å². The fraction of sp³-hybridized carbons (Fsp3) is 0.692. The molecule has 2 rings (SSSR count). The summed E-state index contributed by atoms with van der Waals surface area (Å²) >= 11 is 0. The van der Waals surface area contributed by atoms with Crippen molar-refractivity contribution in [2.45, 2.75) is 58.8 Å². The standard InChI is InChI=1S/C11H16N2.C2H6/c1-11(2)6-4-3-5-9-10(11)13-8-7-12-9;1-2/h7-8H,3-6H2,1-2H3;1-2H3. The Morgan fingerprint density at radius 1 is 1.07 bits per heavy atom. The van der Waals surface area contributed by atoms with Crippen molar-refractivity contribution in [2.75, 3.05) is 0 Å². The average Bonchev–Trinajstić information content (AvgIpc) is 2.41. The Morgan fingerprint density at radius 2 is 1.73 bits per heavy atom. The van der Waals surface area contributed by atoms with Crippen LogP contribution in [0.25, 0.3) is 0 Å². The molecule has 0 atom stereocenters. The lowest BCUT2D eigenvalue weighted by molar-refractivity contribution is 0.455. The minimum absolute atomic E-state index is 0.222. The molecule has 0 amide bonds. The van der Waals surface area contributed by atoms with Crippen molar-refractivity contribution in [1.82, 2.24) is 9.97 Å². The molecule has 0 spiro atoms. The van der Waals surface area contributed by atoms with Crippen molar-refractivity contribution in [3.05, 3.63) is 23.8 Å². The summed E-state index contributed by atoms with van der Waals surface area (Å²) in [5.41, 5.74) is 2.65. The molecule has 0 unspecified atom stereocenters. The molecule has 0 aliphatic heterocycles. The summed E-state index contributed by atoms with van der Waals surface area (Å²) in [4.78, 5) is 8.88. The number of rotatable bonds is 0. The van der Waals surface area contributed by atoms with Crippen molar-refractivity contribution in [3.63, 3.8) is 0 Å². The molecular formula is C13H22N2. The summed E-state index contributed by atoms with van der Waals surface area (Å²) in [6, 6.07) is 0. The molecule has 15 heavy (non-hydrogen) atoms. The van der Waals surface area contributed by atoms with E-state index in [9.17, 15) is 0 Å². The van der Waals surface area contributed by atoms with Crippen LogP contribution >= 0.6 is 0 Å². The summed E-state index contributed by atoms with van der Waals surface area (Å²) in [5.74, 6) is 0. The van der Waals surface area contributed by atoms with Crippen molar-refractivity contribution in [3.8, 4) is 0 Å². The maximum atomic E-state index is 4.47. The van der Waals surface area contributed by atoms with Crippen LogP contribution in [0.5, 0.6) is 0 Å². The fourth-order valence-electron chi connectivity index (χ4n) is 2.09. The molecule has 1 aromatic heterocycles. The van der Waals surface area contributed by atoms with E-state index in [1.807, 2.05) is 20.0 Å². The van der Waals surface area contributed by atoms with Crippen LogP contribution in [-0.4, -0.2) is 9.97 Å². The van der Waals surface area contributed by atoms with Gasteiger partial charge in [0.1, 0.15) is 0 Å². The van der Waals surface area contributed by atoms with E-state index in [2.05, 4.69) is 23.8 Å². The van der Waals surface area contributed by atoms with Crippen LogP contribution in [0, 0.1) is 0 Å². The van der Waals surface area contributed by atoms with Gasteiger partial charge in [0.2, 0.25) is 0 Å². The highest BCUT2D eigenvalue weighted by Gasteiger charge is 2.27. The molecule has 1 aliphatic rings. The first-order valence-corrected chi connectivity index (χ1v) is 6.00. The number of hydrogen-bond donors (Lipinski definition) is 0. The van der Waals surface area contributed by atoms with Gasteiger partial charge in [-0.3, -0.25) is 9.97 Å². The number of fused-ring (bicyclic) bond motifs is 1. The Labute approximate surface area is 93.2 Å². The van der Waals surface area contributed by atoms with Crippen molar-refractivity contribution in [2.24, 2.45) is 0 Å². The van der Waals surface area contributed by atoms with Gasteiger partial charge in [0.15, 0.2) is 0 Å². The molecular weight excluding hydrogens is 184 g/mol. The second-order valence-electron chi connectivity index (χ2n) is 4.44. The highest BCUT2D eigenvalue weighted by Crippen LogP contribution is 2.32. The normalized spacial score (nSPS) is 18.1. The zero-order valence-corrected chi connectivity index (χ0v) is 10.4. The average molecular weight is 206 g/mol. The third kappa shape index (κ3) is 2.77. The van der Waals surface area contributed by atoms with E-state index in [1.54, 1.807) is 6.20 Å². The quantitative estimate of drug-likeness (QED) is 0.607. The van der Waals surface area contributed by atoms with E-state index < -0.39 is 0 Å².